The Labute approximate surface area is 470 Å². The molecule has 0 aromatic heterocycles. The van der Waals surface area contributed by atoms with Crippen LogP contribution in [0.5, 0.6) is 0 Å². The molecular formula is C70H118O6. The number of ether oxygens (including phenoxy) is 3. The van der Waals surface area contributed by atoms with Gasteiger partial charge in [-0.3, -0.25) is 14.4 Å². The summed E-state index contributed by atoms with van der Waals surface area (Å²) in [6.07, 6.45) is 86.5. The summed E-state index contributed by atoms with van der Waals surface area (Å²) in [7, 11) is 0. The Hall–Kier alpha value is -3.93. The maximum absolute atomic E-state index is 12.9. The third-order valence-electron chi connectivity index (χ3n) is 13.5. The van der Waals surface area contributed by atoms with E-state index in [-0.39, 0.29) is 31.1 Å². The number of carbonyl (C=O) groups is 3. The summed E-state index contributed by atoms with van der Waals surface area (Å²) >= 11 is 0. The molecule has 0 bridgehead atoms. The number of esters is 3. The van der Waals surface area contributed by atoms with E-state index in [9.17, 15) is 14.4 Å². The van der Waals surface area contributed by atoms with Gasteiger partial charge in [0.15, 0.2) is 6.10 Å². The lowest BCUT2D eigenvalue weighted by molar-refractivity contribution is -0.167. The predicted molar refractivity (Wildman–Crippen MR) is 330 cm³/mol. The molecule has 6 heteroatoms. The summed E-state index contributed by atoms with van der Waals surface area (Å²) in [4.78, 5) is 38.4. The summed E-state index contributed by atoms with van der Waals surface area (Å²) in [5.41, 5.74) is 0. The normalized spacial score (nSPS) is 12.8. The minimum atomic E-state index is -0.799. The van der Waals surface area contributed by atoms with Crippen LogP contribution in [0.25, 0.3) is 0 Å². The lowest BCUT2D eigenvalue weighted by Gasteiger charge is -2.18. The average Bonchev–Trinajstić information content (AvgIpc) is 3.42. The first-order valence-electron chi connectivity index (χ1n) is 31.9. The highest BCUT2D eigenvalue weighted by molar-refractivity contribution is 5.71. The molecule has 0 rings (SSSR count). The first-order chi connectivity index (χ1) is 37.5. The Bertz CT molecular complexity index is 1540. The van der Waals surface area contributed by atoms with E-state index in [1.165, 1.54) is 128 Å². The molecule has 0 aliphatic rings. The molecule has 0 aliphatic carbocycles. The molecule has 0 heterocycles. The van der Waals surface area contributed by atoms with E-state index in [0.717, 1.165) is 128 Å². The average molecular weight is 1060 g/mol. The maximum atomic E-state index is 12.9. The van der Waals surface area contributed by atoms with Crippen LogP contribution in [0, 0.1) is 0 Å². The van der Waals surface area contributed by atoms with Crippen molar-refractivity contribution in [2.75, 3.05) is 13.2 Å². The first kappa shape index (κ1) is 72.1. The monoisotopic (exact) mass is 1050 g/mol. The molecule has 434 valence electrons. The second kappa shape index (κ2) is 63.6. The molecular weight excluding hydrogens is 937 g/mol. The van der Waals surface area contributed by atoms with E-state index in [1.54, 1.807) is 0 Å². The van der Waals surface area contributed by atoms with Crippen LogP contribution in [0.4, 0.5) is 0 Å². The van der Waals surface area contributed by atoms with E-state index in [2.05, 4.69) is 130 Å². The molecule has 1 unspecified atom stereocenters. The third-order valence-corrected chi connectivity index (χ3v) is 13.5. The van der Waals surface area contributed by atoms with Gasteiger partial charge >= 0.3 is 17.9 Å². The van der Waals surface area contributed by atoms with Gasteiger partial charge in [0.1, 0.15) is 13.2 Å². The molecule has 0 fully saturated rings. The quantitative estimate of drug-likeness (QED) is 0.0261. The van der Waals surface area contributed by atoms with Crippen LogP contribution >= 0.6 is 0 Å². The Morgan fingerprint density at radius 3 is 0.816 bits per heavy atom. The molecule has 0 N–H and O–H groups in total. The van der Waals surface area contributed by atoms with Gasteiger partial charge in [0.25, 0.3) is 0 Å². The second-order valence-corrected chi connectivity index (χ2v) is 20.9. The van der Waals surface area contributed by atoms with Crippen molar-refractivity contribution in [3.05, 3.63) is 109 Å². The molecule has 0 aromatic rings. The summed E-state index contributed by atoms with van der Waals surface area (Å²) in [6, 6.07) is 0. The van der Waals surface area contributed by atoms with Crippen molar-refractivity contribution >= 4 is 17.9 Å². The van der Waals surface area contributed by atoms with Crippen LogP contribution in [0.15, 0.2) is 109 Å². The minimum Gasteiger partial charge on any atom is -0.462 e. The predicted octanol–water partition coefficient (Wildman–Crippen LogP) is 21.8. The van der Waals surface area contributed by atoms with Crippen molar-refractivity contribution in [1.29, 1.82) is 0 Å². The topological polar surface area (TPSA) is 78.9 Å². The van der Waals surface area contributed by atoms with Crippen molar-refractivity contribution in [2.45, 2.75) is 303 Å². The highest BCUT2D eigenvalue weighted by atomic mass is 16.6. The number of allylic oxidation sites excluding steroid dienone is 18. The number of carbonyl (C=O) groups excluding carboxylic acids is 3. The Morgan fingerprint density at radius 2 is 0.513 bits per heavy atom. The highest BCUT2D eigenvalue weighted by Gasteiger charge is 2.19. The molecule has 0 radical (unpaired) electrons. The zero-order valence-corrected chi connectivity index (χ0v) is 49.7. The van der Waals surface area contributed by atoms with Gasteiger partial charge in [-0.25, -0.2) is 0 Å². The summed E-state index contributed by atoms with van der Waals surface area (Å²) in [5.74, 6) is -0.921. The van der Waals surface area contributed by atoms with Crippen molar-refractivity contribution < 1.29 is 28.6 Å². The molecule has 76 heavy (non-hydrogen) atoms. The van der Waals surface area contributed by atoms with E-state index in [0.29, 0.717) is 19.3 Å². The number of rotatable bonds is 57. The lowest BCUT2D eigenvalue weighted by atomic mass is 10.1. The van der Waals surface area contributed by atoms with Gasteiger partial charge in [-0.15, -0.1) is 0 Å². The maximum Gasteiger partial charge on any atom is 0.306 e. The third kappa shape index (κ3) is 60.9. The molecule has 0 aliphatic heterocycles. The molecule has 6 nitrogen and oxygen atoms in total. The fraction of sp³-hybridized carbons (Fsp3) is 0.700. The summed E-state index contributed by atoms with van der Waals surface area (Å²) in [6.45, 7) is 6.49. The van der Waals surface area contributed by atoms with Gasteiger partial charge in [-0.05, 0) is 128 Å². The number of hydrogen-bond acceptors (Lipinski definition) is 6. The minimum absolute atomic E-state index is 0.0935. The van der Waals surface area contributed by atoms with Crippen LogP contribution < -0.4 is 0 Å². The van der Waals surface area contributed by atoms with Crippen molar-refractivity contribution in [3.63, 3.8) is 0 Å². The van der Waals surface area contributed by atoms with Gasteiger partial charge in [0, 0.05) is 19.3 Å². The second-order valence-electron chi connectivity index (χ2n) is 20.9. The highest BCUT2D eigenvalue weighted by Crippen LogP contribution is 2.15. The Balaban J connectivity index is 4.46. The van der Waals surface area contributed by atoms with Crippen LogP contribution in [-0.4, -0.2) is 37.2 Å². The van der Waals surface area contributed by atoms with Crippen LogP contribution in [0.3, 0.4) is 0 Å². The van der Waals surface area contributed by atoms with Crippen molar-refractivity contribution in [2.24, 2.45) is 0 Å². The van der Waals surface area contributed by atoms with Gasteiger partial charge in [0.2, 0.25) is 0 Å². The van der Waals surface area contributed by atoms with Crippen LogP contribution in [0.2, 0.25) is 0 Å². The first-order valence-corrected chi connectivity index (χ1v) is 31.9. The number of hydrogen-bond donors (Lipinski definition) is 0. The smallest absolute Gasteiger partial charge is 0.306 e. The molecule has 0 amide bonds. The zero-order chi connectivity index (χ0) is 55.0. The zero-order valence-electron chi connectivity index (χ0n) is 49.7. The Morgan fingerprint density at radius 1 is 0.276 bits per heavy atom. The largest absolute Gasteiger partial charge is 0.462 e. The van der Waals surface area contributed by atoms with Crippen molar-refractivity contribution in [3.8, 4) is 0 Å². The SMILES string of the molecule is CC/C=C\C/C=C\C/C=C\C/C=C\CCCCCCCCC(=O)OC(COC(=O)CCCCCCCC/C=C\C/C=C\C/C=C\CCCCCCC)COC(=O)CCCCCCCCC/C=C\C/C=C\CCCCCC. The van der Waals surface area contributed by atoms with E-state index in [4.69, 9.17) is 14.2 Å². The number of unbranched alkanes of at least 4 members (excludes halogenated alkanes) is 28. The van der Waals surface area contributed by atoms with Gasteiger partial charge in [-0.2, -0.15) is 0 Å². The Kier molecular flexibility index (Phi) is 60.3. The molecule has 0 saturated heterocycles. The van der Waals surface area contributed by atoms with E-state index < -0.39 is 6.10 Å². The fourth-order valence-electron chi connectivity index (χ4n) is 8.71. The summed E-state index contributed by atoms with van der Waals surface area (Å²) in [5, 5.41) is 0. The standard InChI is InChI=1S/C70H118O6/c1-4-7-10-13-16-19-22-25-28-31-34-35-37-39-42-45-48-51-54-57-60-63-69(72)75-66-67(65-74-68(71)62-59-56-53-50-47-44-41-38-33-30-27-24-21-18-15-12-9-6-3)76-70(73)64-61-58-55-52-49-46-43-40-36-32-29-26-23-20-17-14-11-8-5-2/h8,11,17,20-22,24-26,29-31,33-34,36-37,39-40,67H,4-7,9-10,12-16,18-19,23,27-28,32,35,38,41-66H2,1-3H3/b11-8-,20-17-,24-21-,25-22-,29-26-,33-30-,34-31-,39-37-,40-36-. The van der Waals surface area contributed by atoms with E-state index in [1.807, 2.05) is 0 Å². The van der Waals surface area contributed by atoms with Gasteiger partial charge in [-0.1, -0.05) is 259 Å². The van der Waals surface area contributed by atoms with Gasteiger partial charge in [0.05, 0.1) is 0 Å². The molecule has 0 spiro atoms. The fourth-order valence-corrected chi connectivity index (χ4v) is 8.71. The van der Waals surface area contributed by atoms with E-state index >= 15 is 0 Å². The lowest BCUT2D eigenvalue weighted by Crippen LogP contribution is -2.30. The molecule has 0 aromatic carbocycles. The van der Waals surface area contributed by atoms with Crippen molar-refractivity contribution in [1.82, 2.24) is 0 Å². The molecule has 1 atom stereocenters. The molecule has 0 saturated carbocycles. The van der Waals surface area contributed by atoms with Crippen LogP contribution in [-0.2, 0) is 28.6 Å². The van der Waals surface area contributed by atoms with Gasteiger partial charge < -0.3 is 14.2 Å². The van der Waals surface area contributed by atoms with Crippen LogP contribution in [0.1, 0.15) is 297 Å². The summed E-state index contributed by atoms with van der Waals surface area (Å²) < 4.78 is 16.9.